The SMILES string of the molecule is O=C(c1ccc2c(c1)CCCO2)N1C[C@@H](Cc2cnccn2)[C@H](O)C1. The van der Waals surface area contributed by atoms with E-state index in [0.29, 0.717) is 25.1 Å². The van der Waals surface area contributed by atoms with E-state index in [0.717, 1.165) is 36.5 Å². The van der Waals surface area contributed by atoms with E-state index in [1.54, 1.807) is 23.5 Å². The highest BCUT2D eigenvalue weighted by molar-refractivity contribution is 5.95. The summed E-state index contributed by atoms with van der Waals surface area (Å²) in [7, 11) is 0. The number of nitrogens with zero attached hydrogens (tertiary/aromatic N) is 3. The van der Waals surface area contributed by atoms with Crippen molar-refractivity contribution in [2.24, 2.45) is 5.92 Å². The van der Waals surface area contributed by atoms with Crippen LogP contribution in [0.15, 0.2) is 36.8 Å². The summed E-state index contributed by atoms with van der Waals surface area (Å²) in [6.45, 7) is 1.63. The van der Waals surface area contributed by atoms with Gasteiger partial charge in [0, 0.05) is 43.2 Å². The number of fused-ring (bicyclic) bond motifs is 1. The molecule has 1 saturated heterocycles. The standard InChI is InChI=1S/C19H21N3O3/c23-17-12-22(11-15(17)9-16-10-20-5-6-21-16)19(24)14-3-4-18-13(8-14)2-1-7-25-18/h3-6,8,10,15,17,23H,1-2,7,9,11-12H2/t15-,17-/m1/s1. The molecule has 0 unspecified atom stereocenters. The Morgan fingerprint density at radius 2 is 2.24 bits per heavy atom. The molecule has 3 heterocycles. The van der Waals surface area contributed by atoms with Crippen LogP contribution in [0.4, 0.5) is 0 Å². The molecule has 25 heavy (non-hydrogen) atoms. The number of aliphatic hydroxyl groups excluding tert-OH is 1. The third-order valence-electron chi connectivity index (χ3n) is 4.94. The Balaban J connectivity index is 1.46. The van der Waals surface area contributed by atoms with Crippen LogP contribution in [0.2, 0.25) is 0 Å². The number of ether oxygens (including phenoxy) is 1. The number of hydrogen-bond donors (Lipinski definition) is 1. The van der Waals surface area contributed by atoms with Crippen LogP contribution in [0, 0.1) is 5.92 Å². The second-order valence-corrected chi connectivity index (χ2v) is 6.71. The molecule has 1 amide bonds. The molecule has 4 rings (SSSR count). The van der Waals surface area contributed by atoms with Gasteiger partial charge >= 0.3 is 0 Å². The number of β-amino-alcohol motifs (C(OH)–C–C–N with tert-alkyl or cyclic N) is 1. The smallest absolute Gasteiger partial charge is 0.253 e. The topological polar surface area (TPSA) is 75.5 Å². The Hall–Kier alpha value is -2.47. The number of aromatic nitrogens is 2. The van der Waals surface area contributed by atoms with Crippen LogP contribution in [0.5, 0.6) is 5.75 Å². The third kappa shape index (κ3) is 3.35. The van der Waals surface area contributed by atoms with Crippen LogP contribution in [0.1, 0.15) is 28.0 Å². The van der Waals surface area contributed by atoms with E-state index in [4.69, 9.17) is 4.74 Å². The molecular weight excluding hydrogens is 318 g/mol. The molecule has 2 aliphatic rings. The maximum absolute atomic E-state index is 12.8. The summed E-state index contributed by atoms with van der Waals surface area (Å²) in [6, 6.07) is 5.62. The number of carbonyl (C=O) groups is 1. The monoisotopic (exact) mass is 339 g/mol. The largest absolute Gasteiger partial charge is 0.493 e. The molecular formula is C19H21N3O3. The summed E-state index contributed by atoms with van der Waals surface area (Å²) in [4.78, 5) is 22.9. The molecule has 1 N–H and O–H groups in total. The molecule has 0 radical (unpaired) electrons. The predicted molar refractivity (Wildman–Crippen MR) is 91.4 cm³/mol. The summed E-state index contributed by atoms with van der Waals surface area (Å²) < 4.78 is 5.61. The molecule has 0 bridgehead atoms. The minimum absolute atomic E-state index is 0.0124. The summed E-state index contributed by atoms with van der Waals surface area (Å²) in [6.07, 6.45) is 6.99. The van der Waals surface area contributed by atoms with Gasteiger partial charge in [-0.1, -0.05) is 0 Å². The zero-order valence-electron chi connectivity index (χ0n) is 14.0. The van der Waals surface area contributed by atoms with Gasteiger partial charge < -0.3 is 14.7 Å². The zero-order chi connectivity index (χ0) is 17.2. The van der Waals surface area contributed by atoms with Crippen molar-refractivity contribution in [1.29, 1.82) is 0 Å². The number of rotatable bonds is 3. The fourth-order valence-corrected chi connectivity index (χ4v) is 3.60. The lowest BCUT2D eigenvalue weighted by Gasteiger charge is -2.20. The average molecular weight is 339 g/mol. The van der Waals surface area contributed by atoms with Gasteiger partial charge in [-0.05, 0) is 43.0 Å². The van der Waals surface area contributed by atoms with Gasteiger partial charge in [-0.3, -0.25) is 14.8 Å². The number of likely N-dealkylation sites (tertiary alicyclic amines) is 1. The molecule has 130 valence electrons. The Labute approximate surface area is 146 Å². The van der Waals surface area contributed by atoms with Crippen molar-refractivity contribution in [3.8, 4) is 5.75 Å². The number of hydrogen-bond acceptors (Lipinski definition) is 5. The van der Waals surface area contributed by atoms with Gasteiger partial charge in [0.15, 0.2) is 0 Å². The summed E-state index contributed by atoms with van der Waals surface area (Å²) >= 11 is 0. The molecule has 2 aliphatic heterocycles. The normalized spacial score (nSPS) is 22.4. The molecule has 2 aromatic rings. The summed E-state index contributed by atoms with van der Waals surface area (Å²) in [5.41, 5.74) is 2.59. The Morgan fingerprint density at radius 1 is 1.32 bits per heavy atom. The van der Waals surface area contributed by atoms with Crippen molar-refractivity contribution < 1.29 is 14.6 Å². The van der Waals surface area contributed by atoms with E-state index >= 15 is 0 Å². The average Bonchev–Trinajstić information content (AvgIpc) is 3.02. The van der Waals surface area contributed by atoms with Gasteiger partial charge in [-0.25, -0.2) is 0 Å². The Morgan fingerprint density at radius 3 is 3.08 bits per heavy atom. The summed E-state index contributed by atoms with van der Waals surface area (Å²) in [5, 5.41) is 10.3. The maximum Gasteiger partial charge on any atom is 0.253 e. The first kappa shape index (κ1) is 16.0. The highest BCUT2D eigenvalue weighted by Gasteiger charge is 2.34. The molecule has 6 nitrogen and oxygen atoms in total. The highest BCUT2D eigenvalue weighted by atomic mass is 16.5. The quantitative estimate of drug-likeness (QED) is 0.917. The first-order chi connectivity index (χ1) is 12.2. The lowest BCUT2D eigenvalue weighted by Crippen LogP contribution is -2.29. The van der Waals surface area contributed by atoms with Crippen molar-refractivity contribution in [2.45, 2.75) is 25.4 Å². The van der Waals surface area contributed by atoms with Crippen molar-refractivity contribution >= 4 is 5.91 Å². The molecule has 6 heteroatoms. The second kappa shape index (κ2) is 6.80. The number of benzene rings is 1. The van der Waals surface area contributed by atoms with E-state index in [1.807, 2.05) is 18.2 Å². The molecule has 1 fully saturated rings. The van der Waals surface area contributed by atoms with E-state index in [1.165, 1.54) is 0 Å². The third-order valence-corrected chi connectivity index (χ3v) is 4.94. The van der Waals surface area contributed by atoms with Gasteiger partial charge in [-0.2, -0.15) is 0 Å². The number of amides is 1. The highest BCUT2D eigenvalue weighted by Crippen LogP contribution is 2.27. The number of carbonyl (C=O) groups excluding carboxylic acids is 1. The van der Waals surface area contributed by atoms with E-state index in [9.17, 15) is 9.90 Å². The first-order valence-corrected chi connectivity index (χ1v) is 8.68. The fraction of sp³-hybridized carbons (Fsp3) is 0.421. The van der Waals surface area contributed by atoms with E-state index in [2.05, 4.69) is 9.97 Å². The molecule has 0 spiro atoms. The number of aryl methyl sites for hydroxylation is 1. The summed E-state index contributed by atoms with van der Waals surface area (Å²) in [5.74, 6) is 0.834. The Kier molecular flexibility index (Phi) is 4.36. The lowest BCUT2D eigenvalue weighted by atomic mass is 10.0. The molecule has 0 saturated carbocycles. The second-order valence-electron chi connectivity index (χ2n) is 6.71. The van der Waals surface area contributed by atoms with E-state index in [-0.39, 0.29) is 11.8 Å². The minimum Gasteiger partial charge on any atom is -0.493 e. The number of aliphatic hydroxyl groups is 1. The van der Waals surface area contributed by atoms with Gasteiger partial charge in [0.2, 0.25) is 0 Å². The molecule has 0 aliphatic carbocycles. The van der Waals surface area contributed by atoms with Crippen LogP contribution in [-0.4, -0.2) is 51.7 Å². The van der Waals surface area contributed by atoms with Gasteiger partial charge in [-0.15, -0.1) is 0 Å². The molecule has 1 aromatic heterocycles. The zero-order valence-corrected chi connectivity index (χ0v) is 14.0. The fourth-order valence-electron chi connectivity index (χ4n) is 3.60. The van der Waals surface area contributed by atoms with Crippen LogP contribution in [0.25, 0.3) is 0 Å². The molecule has 2 atom stereocenters. The van der Waals surface area contributed by atoms with Gasteiger partial charge in [0.1, 0.15) is 5.75 Å². The lowest BCUT2D eigenvalue weighted by molar-refractivity contribution is 0.0764. The van der Waals surface area contributed by atoms with Crippen molar-refractivity contribution in [3.63, 3.8) is 0 Å². The van der Waals surface area contributed by atoms with Gasteiger partial charge in [0.05, 0.1) is 18.4 Å². The minimum atomic E-state index is -0.535. The maximum atomic E-state index is 12.8. The van der Waals surface area contributed by atoms with Crippen LogP contribution >= 0.6 is 0 Å². The van der Waals surface area contributed by atoms with Gasteiger partial charge in [0.25, 0.3) is 5.91 Å². The first-order valence-electron chi connectivity index (χ1n) is 8.68. The van der Waals surface area contributed by atoms with Crippen LogP contribution in [-0.2, 0) is 12.8 Å². The van der Waals surface area contributed by atoms with E-state index < -0.39 is 6.10 Å². The van der Waals surface area contributed by atoms with Crippen LogP contribution < -0.4 is 4.74 Å². The van der Waals surface area contributed by atoms with Crippen molar-refractivity contribution in [3.05, 3.63) is 53.6 Å². The Bertz CT molecular complexity index is 766. The van der Waals surface area contributed by atoms with Crippen molar-refractivity contribution in [1.82, 2.24) is 14.9 Å². The van der Waals surface area contributed by atoms with Crippen molar-refractivity contribution in [2.75, 3.05) is 19.7 Å². The predicted octanol–water partition coefficient (Wildman–Crippen LogP) is 1.48. The van der Waals surface area contributed by atoms with Crippen LogP contribution in [0.3, 0.4) is 0 Å². The molecule has 1 aromatic carbocycles.